The molecular weight excluding hydrogens is 372 g/mol. The Balaban J connectivity index is 1.44. The number of hydrogen-bond donors (Lipinski definition) is 1. The second kappa shape index (κ2) is 7.39. The third-order valence-electron chi connectivity index (χ3n) is 4.90. The monoisotopic (exact) mass is 396 g/mol. The molecule has 0 bridgehead atoms. The molecule has 1 aromatic carbocycles. The molecule has 0 radical (unpaired) electrons. The van der Waals surface area contributed by atoms with Crippen LogP contribution in [-0.2, 0) is 5.41 Å². The van der Waals surface area contributed by atoms with Crippen molar-refractivity contribution in [1.82, 2.24) is 15.0 Å². The van der Waals surface area contributed by atoms with Crippen LogP contribution in [-0.4, -0.2) is 27.6 Å². The van der Waals surface area contributed by atoms with Gasteiger partial charge in [0.25, 0.3) is 0 Å². The predicted octanol–water partition coefficient (Wildman–Crippen LogP) is 5.46. The fourth-order valence-electron chi connectivity index (χ4n) is 3.36. The van der Waals surface area contributed by atoms with Crippen LogP contribution in [0.5, 0.6) is 0 Å². The molecule has 1 atom stereocenters. The summed E-state index contributed by atoms with van der Waals surface area (Å²) in [7, 11) is 0. The number of hydrogen-bond acceptors (Lipinski definition) is 5. The molecule has 0 saturated carbocycles. The van der Waals surface area contributed by atoms with Gasteiger partial charge in [-0.1, -0.05) is 25.9 Å². The summed E-state index contributed by atoms with van der Waals surface area (Å²) in [4.78, 5) is 19.2. The van der Waals surface area contributed by atoms with Gasteiger partial charge in [0.1, 0.15) is 0 Å². The van der Waals surface area contributed by atoms with Gasteiger partial charge in [0, 0.05) is 23.2 Å². The summed E-state index contributed by atoms with van der Waals surface area (Å²) in [5.41, 5.74) is 2.65. The summed E-state index contributed by atoms with van der Waals surface area (Å²) in [6.07, 6.45) is 2.04. The number of thiophene rings is 1. The van der Waals surface area contributed by atoms with Gasteiger partial charge in [-0.15, -0.1) is 0 Å². The summed E-state index contributed by atoms with van der Waals surface area (Å²) in [5.74, 6) is 1.16. The Kier molecular flexibility index (Phi) is 4.93. The van der Waals surface area contributed by atoms with E-state index < -0.39 is 0 Å². The van der Waals surface area contributed by atoms with E-state index in [-0.39, 0.29) is 17.5 Å². The van der Waals surface area contributed by atoms with E-state index in [1.165, 1.54) is 5.56 Å². The first kappa shape index (κ1) is 18.7. The van der Waals surface area contributed by atoms with Crippen molar-refractivity contribution in [3.8, 4) is 11.4 Å². The first-order chi connectivity index (χ1) is 13.4. The van der Waals surface area contributed by atoms with Gasteiger partial charge < -0.3 is 14.7 Å². The Labute approximate surface area is 168 Å². The van der Waals surface area contributed by atoms with Gasteiger partial charge in [0.2, 0.25) is 11.7 Å². The lowest BCUT2D eigenvalue weighted by atomic mass is 9.97. The molecule has 4 rings (SSSR count). The molecule has 0 aliphatic carbocycles. The maximum atomic E-state index is 12.8. The fourth-order valence-corrected chi connectivity index (χ4v) is 4.07. The van der Waals surface area contributed by atoms with Crippen LogP contribution >= 0.6 is 11.3 Å². The Hall–Kier alpha value is -2.67. The topological polar surface area (TPSA) is 71.3 Å². The highest BCUT2D eigenvalue weighted by molar-refractivity contribution is 7.08. The van der Waals surface area contributed by atoms with Gasteiger partial charge in [-0.25, -0.2) is 4.79 Å². The van der Waals surface area contributed by atoms with Crippen molar-refractivity contribution >= 4 is 23.1 Å². The molecule has 0 spiro atoms. The number of urea groups is 1. The number of anilines is 1. The van der Waals surface area contributed by atoms with Crippen molar-refractivity contribution in [2.24, 2.45) is 0 Å². The zero-order chi connectivity index (χ0) is 19.7. The molecule has 6 nitrogen and oxygen atoms in total. The van der Waals surface area contributed by atoms with E-state index in [0.717, 1.165) is 30.6 Å². The molecule has 3 aromatic rings. The summed E-state index contributed by atoms with van der Waals surface area (Å²) in [5, 5.41) is 11.3. The van der Waals surface area contributed by atoms with E-state index in [0.29, 0.717) is 11.7 Å². The minimum absolute atomic E-state index is 0.0592. The highest BCUT2D eigenvalue weighted by atomic mass is 32.1. The van der Waals surface area contributed by atoms with Crippen LogP contribution in [0.3, 0.4) is 0 Å². The van der Waals surface area contributed by atoms with Gasteiger partial charge in [0.15, 0.2) is 0 Å². The van der Waals surface area contributed by atoms with Crippen LogP contribution < -0.4 is 5.32 Å². The van der Waals surface area contributed by atoms with Gasteiger partial charge in [-0.3, -0.25) is 0 Å². The van der Waals surface area contributed by atoms with E-state index in [2.05, 4.69) is 32.3 Å². The van der Waals surface area contributed by atoms with Crippen LogP contribution in [0, 0.1) is 0 Å². The van der Waals surface area contributed by atoms with E-state index >= 15 is 0 Å². The van der Waals surface area contributed by atoms with Crippen LogP contribution in [0.2, 0.25) is 0 Å². The minimum atomic E-state index is -0.187. The summed E-state index contributed by atoms with van der Waals surface area (Å²) >= 11 is 1.67. The minimum Gasteiger partial charge on any atom is -0.338 e. The van der Waals surface area contributed by atoms with Gasteiger partial charge in [-0.05, 0) is 59.5 Å². The first-order valence-electron chi connectivity index (χ1n) is 9.46. The third-order valence-corrected chi connectivity index (χ3v) is 5.61. The van der Waals surface area contributed by atoms with Crippen molar-refractivity contribution < 1.29 is 9.32 Å². The lowest BCUT2D eigenvalue weighted by molar-refractivity contribution is 0.207. The number of nitrogens with one attached hydrogen (secondary N) is 1. The number of nitrogens with zero attached hydrogens (tertiary/aromatic N) is 3. The Morgan fingerprint density at radius 2 is 2.04 bits per heavy atom. The van der Waals surface area contributed by atoms with Crippen LogP contribution in [0.25, 0.3) is 11.4 Å². The fraction of sp³-hybridized carbons (Fsp3) is 0.381. The van der Waals surface area contributed by atoms with E-state index in [1.54, 1.807) is 11.3 Å². The zero-order valence-electron chi connectivity index (χ0n) is 16.3. The van der Waals surface area contributed by atoms with Crippen LogP contribution in [0.1, 0.15) is 51.1 Å². The number of benzene rings is 1. The Bertz CT molecular complexity index is 942. The maximum absolute atomic E-state index is 12.8. The molecular formula is C21H24N4O2S. The lowest BCUT2D eigenvalue weighted by Crippen LogP contribution is -2.34. The van der Waals surface area contributed by atoms with E-state index in [4.69, 9.17) is 4.52 Å². The zero-order valence-corrected chi connectivity index (χ0v) is 17.1. The Morgan fingerprint density at radius 3 is 2.68 bits per heavy atom. The highest BCUT2D eigenvalue weighted by Crippen LogP contribution is 2.33. The van der Waals surface area contributed by atoms with Crippen LogP contribution in [0.15, 0.2) is 45.6 Å². The summed E-state index contributed by atoms with van der Waals surface area (Å²) < 4.78 is 5.36. The predicted molar refractivity (Wildman–Crippen MR) is 110 cm³/mol. The Morgan fingerprint density at radius 1 is 1.25 bits per heavy atom. The number of amides is 2. The molecule has 7 heteroatoms. The average molecular weight is 397 g/mol. The number of likely N-dealkylation sites (tertiary alicyclic amines) is 1. The molecule has 1 N–H and O–H groups in total. The number of aromatic nitrogens is 2. The molecule has 146 valence electrons. The van der Waals surface area contributed by atoms with Crippen molar-refractivity contribution in [3.05, 3.63) is 52.5 Å². The smallest absolute Gasteiger partial charge is 0.322 e. The third kappa shape index (κ3) is 3.80. The molecule has 1 aliphatic rings. The van der Waals surface area contributed by atoms with Gasteiger partial charge in [-0.2, -0.15) is 16.3 Å². The van der Waals surface area contributed by atoms with Crippen molar-refractivity contribution in [2.75, 3.05) is 11.9 Å². The molecule has 0 unspecified atom stereocenters. The molecule has 1 saturated heterocycles. The maximum Gasteiger partial charge on any atom is 0.322 e. The molecule has 1 fully saturated rings. The van der Waals surface area contributed by atoms with Crippen molar-refractivity contribution in [2.45, 2.75) is 45.1 Å². The summed E-state index contributed by atoms with van der Waals surface area (Å²) in [6.45, 7) is 6.88. The molecule has 1 aliphatic heterocycles. The quantitative estimate of drug-likeness (QED) is 0.638. The lowest BCUT2D eigenvalue weighted by Gasteiger charge is -2.24. The first-order valence-corrected chi connectivity index (χ1v) is 10.4. The largest absolute Gasteiger partial charge is 0.338 e. The molecule has 2 aromatic heterocycles. The highest BCUT2D eigenvalue weighted by Gasteiger charge is 2.30. The van der Waals surface area contributed by atoms with E-state index in [9.17, 15) is 4.79 Å². The average Bonchev–Trinajstić information content (AvgIpc) is 3.41. The SMILES string of the molecule is CC(C)(C)c1nc(-c2ccc(NC(=O)N3CCC[C@H]3c3ccsc3)cc2)no1. The van der Waals surface area contributed by atoms with Gasteiger partial charge >= 0.3 is 6.03 Å². The molecule has 28 heavy (non-hydrogen) atoms. The standard InChI is InChI=1S/C21H24N4O2S/c1-21(2,3)19-23-18(24-27-19)14-6-8-16(9-7-14)22-20(26)25-11-4-5-17(25)15-10-12-28-13-15/h6-10,12-13,17H,4-5,11H2,1-3H3,(H,22,26)/t17-/m0/s1. The van der Waals surface area contributed by atoms with Crippen LogP contribution in [0.4, 0.5) is 10.5 Å². The van der Waals surface area contributed by atoms with E-state index in [1.807, 2.05) is 49.9 Å². The second-order valence-corrected chi connectivity index (χ2v) is 8.87. The van der Waals surface area contributed by atoms with Crippen molar-refractivity contribution in [1.29, 1.82) is 0 Å². The molecule has 2 amide bonds. The second-order valence-electron chi connectivity index (χ2n) is 8.09. The number of rotatable bonds is 3. The van der Waals surface area contributed by atoms with Gasteiger partial charge in [0.05, 0.1) is 6.04 Å². The number of carbonyl (C=O) groups excluding carboxylic acids is 1. The molecule has 3 heterocycles. The van der Waals surface area contributed by atoms with Crippen molar-refractivity contribution in [3.63, 3.8) is 0 Å². The normalized spacial score (nSPS) is 17.1. The number of carbonyl (C=O) groups is 1. The summed E-state index contributed by atoms with van der Waals surface area (Å²) in [6, 6.07) is 9.75.